The summed E-state index contributed by atoms with van der Waals surface area (Å²) in [6.07, 6.45) is 9.31. The molecule has 0 aliphatic carbocycles. The number of urea groups is 1. The summed E-state index contributed by atoms with van der Waals surface area (Å²) in [7, 11) is 0. The number of hydrogen-bond acceptors (Lipinski definition) is 3. The van der Waals surface area contributed by atoms with Gasteiger partial charge in [0.25, 0.3) is 0 Å². The number of carbonyl (C=O) groups is 1. The van der Waals surface area contributed by atoms with E-state index in [1.807, 2.05) is 17.3 Å². The summed E-state index contributed by atoms with van der Waals surface area (Å²) in [4.78, 5) is 21.0. The lowest BCUT2D eigenvalue weighted by atomic mass is 10.0. The van der Waals surface area contributed by atoms with Crippen molar-refractivity contribution in [3.63, 3.8) is 0 Å². The van der Waals surface area contributed by atoms with E-state index < -0.39 is 0 Å². The molecule has 24 heavy (non-hydrogen) atoms. The molecule has 2 amide bonds. The molecule has 1 atom stereocenters. The first-order chi connectivity index (χ1) is 11.7. The van der Waals surface area contributed by atoms with Crippen molar-refractivity contribution in [2.24, 2.45) is 5.92 Å². The van der Waals surface area contributed by atoms with E-state index in [4.69, 9.17) is 0 Å². The highest BCUT2D eigenvalue weighted by Gasteiger charge is 2.25. The Bertz CT molecular complexity index is 513. The Hall–Kier alpha value is -1.62. The molecule has 0 radical (unpaired) electrons. The second-order valence-electron chi connectivity index (χ2n) is 7.36. The molecule has 2 fully saturated rings. The lowest BCUT2D eigenvalue weighted by Crippen LogP contribution is -2.51. The number of pyridine rings is 1. The van der Waals surface area contributed by atoms with Crippen LogP contribution in [-0.4, -0.2) is 59.6 Å². The molecule has 1 aromatic rings. The van der Waals surface area contributed by atoms with E-state index in [0.29, 0.717) is 12.0 Å². The number of rotatable bonds is 4. The van der Waals surface area contributed by atoms with Crippen LogP contribution in [0.25, 0.3) is 0 Å². The lowest BCUT2D eigenvalue weighted by molar-refractivity contribution is 0.154. The molecular formula is C19H30N4O. The molecule has 2 saturated heterocycles. The maximum absolute atomic E-state index is 12.4. The van der Waals surface area contributed by atoms with Crippen molar-refractivity contribution in [1.82, 2.24) is 20.1 Å². The van der Waals surface area contributed by atoms with Crippen molar-refractivity contribution >= 4 is 6.03 Å². The molecular weight excluding hydrogens is 300 g/mol. The third-order valence-electron chi connectivity index (χ3n) is 5.33. The first-order valence-corrected chi connectivity index (χ1v) is 9.37. The predicted octanol–water partition coefficient (Wildman–Crippen LogP) is 2.53. The van der Waals surface area contributed by atoms with Crippen LogP contribution in [0.3, 0.4) is 0 Å². The Balaban J connectivity index is 1.36. The highest BCUT2D eigenvalue weighted by molar-refractivity contribution is 5.74. The molecule has 1 aromatic heterocycles. The van der Waals surface area contributed by atoms with Gasteiger partial charge in [0, 0.05) is 51.2 Å². The van der Waals surface area contributed by atoms with Gasteiger partial charge in [-0.05, 0) is 55.7 Å². The first-order valence-electron chi connectivity index (χ1n) is 9.37. The smallest absolute Gasteiger partial charge is 0.317 e. The van der Waals surface area contributed by atoms with Crippen molar-refractivity contribution < 1.29 is 4.79 Å². The summed E-state index contributed by atoms with van der Waals surface area (Å²) in [5.41, 5.74) is 1.35. The van der Waals surface area contributed by atoms with Gasteiger partial charge in [-0.25, -0.2) is 4.79 Å². The fraction of sp³-hybridized carbons (Fsp3) is 0.684. The van der Waals surface area contributed by atoms with E-state index in [9.17, 15) is 4.79 Å². The number of carbonyl (C=O) groups excluding carboxylic acids is 1. The van der Waals surface area contributed by atoms with Gasteiger partial charge in [-0.3, -0.25) is 4.98 Å². The van der Waals surface area contributed by atoms with E-state index in [2.05, 4.69) is 34.3 Å². The molecule has 2 aliphatic rings. The zero-order chi connectivity index (χ0) is 16.8. The third-order valence-corrected chi connectivity index (χ3v) is 5.33. The molecule has 1 N–H and O–H groups in total. The molecule has 3 rings (SSSR count). The summed E-state index contributed by atoms with van der Waals surface area (Å²) in [6.45, 7) is 7.31. The van der Waals surface area contributed by atoms with Gasteiger partial charge >= 0.3 is 6.03 Å². The van der Waals surface area contributed by atoms with E-state index in [0.717, 1.165) is 58.4 Å². The third kappa shape index (κ3) is 4.94. The Labute approximate surface area is 145 Å². The van der Waals surface area contributed by atoms with Gasteiger partial charge in [-0.1, -0.05) is 6.92 Å². The Morgan fingerprint density at radius 1 is 1.21 bits per heavy atom. The van der Waals surface area contributed by atoms with Crippen molar-refractivity contribution in [2.45, 2.75) is 45.1 Å². The Morgan fingerprint density at radius 2 is 1.96 bits per heavy atom. The minimum Gasteiger partial charge on any atom is -0.335 e. The van der Waals surface area contributed by atoms with Gasteiger partial charge in [0.15, 0.2) is 0 Å². The molecule has 0 saturated carbocycles. The summed E-state index contributed by atoms with van der Waals surface area (Å²) >= 11 is 0. The summed E-state index contributed by atoms with van der Waals surface area (Å²) in [5, 5.41) is 3.26. The quantitative estimate of drug-likeness (QED) is 0.923. The zero-order valence-corrected chi connectivity index (χ0v) is 14.8. The minimum atomic E-state index is 0.150. The highest BCUT2D eigenvalue weighted by atomic mass is 16.2. The minimum absolute atomic E-state index is 0.150. The number of hydrogen-bond donors (Lipinski definition) is 1. The predicted molar refractivity (Wildman–Crippen MR) is 95.9 cm³/mol. The van der Waals surface area contributed by atoms with Crippen LogP contribution in [0.1, 0.15) is 38.2 Å². The van der Waals surface area contributed by atoms with Crippen LogP contribution in [0, 0.1) is 5.92 Å². The largest absolute Gasteiger partial charge is 0.335 e. The van der Waals surface area contributed by atoms with Gasteiger partial charge in [-0.2, -0.15) is 0 Å². The molecule has 0 bridgehead atoms. The van der Waals surface area contributed by atoms with Gasteiger partial charge in [0.2, 0.25) is 0 Å². The van der Waals surface area contributed by atoms with Crippen LogP contribution < -0.4 is 5.32 Å². The summed E-state index contributed by atoms with van der Waals surface area (Å²) < 4.78 is 0. The van der Waals surface area contributed by atoms with Gasteiger partial charge in [0.05, 0.1) is 0 Å². The van der Waals surface area contributed by atoms with Gasteiger partial charge in [-0.15, -0.1) is 0 Å². The van der Waals surface area contributed by atoms with E-state index in [1.54, 1.807) is 0 Å². The Morgan fingerprint density at radius 3 is 2.67 bits per heavy atom. The molecule has 5 nitrogen and oxygen atoms in total. The van der Waals surface area contributed by atoms with Crippen molar-refractivity contribution in [1.29, 1.82) is 0 Å². The number of aromatic nitrogens is 1. The monoisotopic (exact) mass is 330 g/mol. The number of nitrogens with zero attached hydrogens (tertiary/aromatic N) is 3. The normalized spacial score (nSPS) is 23.2. The number of amides is 2. The van der Waals surface area contributed by atoms with Gasteiger partial charge < -0.3 is 15.1 Å². The second kappa shape index (κ2) is 8.47. The molecule has 132 valence electrons. The topological polar surface area (TPSA) is 48.5 Å². The lowest BCUT2D eigenvalue weighted by Gasteiger charge is -2.35. The molecule has 3 heterocycles. The average Bonchev–Trinajstić information content (AvgIpc) is 2.62. The maximum Gasteiger partial charge on any atom is 0.317 e. The van der Waals surface area contributed by atoms with Crippen molar-refractivity contribution in [3.05, 3.63) is 30.1 Å². The fourth-order valence-corrected chi connectivity index (χ4v) is 3.78. The maximum atomic E-state index is 12.4. The fourth-order valence-electron chi connectivity index (χ4n) is 3.78. The molecule has 2 aliphatic heterocycles. The molecule has 0 aromatic carbocycles. The van der Waals surface area contributed by atoms with Crippen LogP contribution in [-0.2, 0) is 6.42 Å². The summed E-state index contributed by atoms with van der Waals surface area (Å²) in [6, 6.07) is 4.67. The van der Waals surface area contributed by atoms with Crippen LogP contribution in [0.2, 0.25) is 0 Å². The number of piperidine rings is 2. The van der Waals surface area contributed by atoms with E-state index in [1.165, 1.54) is 12.0 Å². The van der Waals surface area contributed by atoms with E-state index >= 15 is 0 Å². The van der Waals surface area contributed by atoms with Crippen molar-refractivity contribution in [2.75, 3.05) is 32.7 Å². The molecule has 0 unspecified atom stereocenters. The Kier molecular flexibility index (Phi) is 6.07. The van der Waals surface area contributed by atoms with Gasteiger partial charge in [0.1, 0.15) is 0 Å². The van der Waals surface area contributed by atoms with Crippen LogP contribution in [0.4, 0.5) is 4.79 Å². The number of nitrogens with one attached hydrogen (secondary N) is 1. The van der Waals surface area contributed by atoms with Crippen LogP contribution >= 0.6 is 0 Å². The number of likely N-dealkylation sites (tertiary alicyclic amines) is 2. The standard InChI is InChI=1S/C19H30N4O/c1-16-3-2-11-23(15-16)19(24)21-18-7-13-22(14-8-18)12-6-17-4-9-20-10-5-17/h4-5,9-10,16,18H,2-3,6-8,11-15H2,1H3,(H,21,24)/t16-/m0/s1. The first kappa shape index (κ1) is 17.2. The average molecular weight is 330 g/mol. The highest BCUT2D eigenvalue weighted by Crippen LogP contribution is 2.17. The van der Waals surface area contributed by atoms with E-state index in [-0.39, 0.29) is 6.03 Å². The van der Waals surface area contributed by atoms with Crippen LogP contribution in [0.15, 0.2) is 24.5 Å². The van der Waals surface area contributed by atoms with Crippen LogP contribution in [0.5, 0.6) is 0 Å². The summed E-state index contributed by atoms with van der Waals surface area (Å²) in [5.74, 6) is 0.638. The second-order valence-corrected chi connectivity index (χ2v) is 7.36. The SMILES string of the molecule is C[C@H]1CCCN(C(=O)NC2CCN(CCc3ccncc3)CC2)C1. The zero-order valence-electron chi connectivity index (χ0n) is 14.8. The van der Waals surface area contributed by atoms with Crippen molar-refractivity contribution in [3.8, 4) is 0 Å². The molecule has 0 spiro atoms. The molecule has 5 heteroatoms.